The van der Waals surface area contributed by atoms with Crippen molar-refractivity contribution < 1.29 is 27.7 Å². The summed E-state index contributed by atoms with van der Waals surface area (Å²) in [5.74, 6) is -2.47. The molecule has 2 atom stereocenters. The smallest absolute Gasteiger partial charge is 0.326 e. The van der Waals surface area contributed by atoms with Crippen molar-refractivity contribution in [2.24, 2.45) is 0 Å². The number of carboxylic acid groups (broad SMARTS) is 1. The van der Waals surface area contributed by atoms with E-state index in [1.54, 1.807) is 37.3 Å². The van der Waals surface area contributed by atoms with Crippen LogP contribution in [0.5, 0.6) is 0 Å². The Hall–Kier alpha value is -2.71. The van der Waals surface area contributed by atoms with Crippen molar-refractivity contribution in [3.05, 3.63) is 65.7 Å². The van der Waals surface area contributed by atoms with Gasteiger partial charge >= 0.3 is 5.97 Å². The minimum absolute atomic E-state index is 0.0679. The van der Waals surface area contributed by atoms with E-state index in [1.165, 1.54) is 12.1 Å². The Morgan fingerprint density at radius 3 is 2.24 bits per heavy atom. The quantitative estimate of drug-likeness (QED) is 0.674. The van der Waals surface area contributed by atoms with Crippen LogP contribution in [-0.2, 0) is 14.9 Å². The number of carbonyl (C=O) groups excluding carboxylic acids is 1. The Morgan fingerprint density at radius 2 is 1.68 bits per heavy atom. The molecule has 25 heavy (non-hydrogen) atoms. The molecule has 2 unspecified atom stereocenters. The Balaban J connectivity index is 2.26. The molecule has 3 N–H and O–H groups in total. The zero-order valence-corrected chi connectivity index (χ0v) is 14.1. The van der Waals surface area contributed by atoms with Gasteiger partial charge in [-0.3, -0.25) is 9.35 Å². The molecule has 0 aromatic heterocycles. The third-order valence-corrected chi connectivity index (χ3v) is 4.62. The molecule has 0 fully saturated rings. The Labute approximate surface area is 145 Å². The number of carboxylic acids is 1. The first kappa shape index (κ1) is 18.6. The van der Waals surface area contributed by atoms with Crippen molar-refractivity contribution in [2.75, 3.05) is 0 Å². The van der Waals surface area contributed by atoms with Crippen LogP contribution < -0.4 is 5.32 Å². The van der Waals surface area contributed by atoms with Crippen LogP contribution in [0.2, 0.25) is 0 Å². The predicted octanol–water partition coefficient (Wildman–Crippen LogP) is 1.92. The number of carbonyl (C=O) groups is 2. The number of hydrogen-bond acceptors (Lipinski definition) is 4. The molecule has 0 radical (unpaired) electrons. The number of aliphatic carboxylic acids is 1. The van der Waals surface area contributed by atoms with Crippen molar-refractivity contribution in [2.45, 2.75) is 23.8 Å². The van der Waals surface area contributed by atoms with Gasteiger partial charge < -0.3 is 10.4 Å². The van der Waals surface area contributed by atoms with Crippen molar-refractivity contribution in [3.8, 4) is 0 Å². The first-order chi connectivity index (χ1) is 11.7. The highest BCUT2D eigenvalue weighted by atomic mass is 32.2. The topological polar surface area (TPSA) is 121 Å². The molecule has 0 saturated carbocycles. The fourth-order valence-electron chi connectivity index (χ4n) is 2.37. The summed E-state index contributed by atoms with van der Waals surface area (Å²) in [4.78, 5) is 23.4. The molecule has 0 spiro atoms. The molecule has 0 saturated heterocycles. The summed E-state index contributed by atoms with van der Waals surface area (Å²) in [5.41, 5.74) is 0.670. The van der Waals surface area contributed by atoms with Crippen LogP contribution in [0, 0.1) is 0 Å². The van der Waals surface area contributed by atoms with Gasteiger partial charge in [0, 0.05) is 11.5 Å². The second kappa shape index (κ2) is 7.45. The number of amides is 1. The van der Waals surface area contributed by atoms with Crippen LogP contribution in [0.1, 0.15) is 28.8 Å². The van der Waals surface area contributed by atoms with Gasteiger partial charge in [-0.25, -0.2) is 4.79 Å². The van der Waals surface area contributed by atoms with Crippen LogP contribution in [0.4, 0.5) is 0 Å². The molecule has 0 aliphatic heterocycles. The van der Waals surface area contributed by atoms with E-state index in [2.05, 4.69) is 5.32 Å². The molecular formula is C17H17NO6S. The van der Waals surface area contributed by atoms with Crippen LogP contribution >= 0.6 is 0 Å². The van der Waals surface area contributed by atoms with Gasteiger partial charge in [0.2, 0.25) is 0 Å². The molecule has 2 aromatic rings. The predicted molar refractivity (Wildman–Crippen MR) is 90.0 cm³/mol. The highest BCUT2D eigenvalue weighted by Crippen LogP contribution is 2.20. The molecule has 0 aliphatic rings. The second-order valence-corrected chi connectivity index (χ2v) is 6.91. The molecule has 8 heteroatoms. The summed E-state index contributed by atoms with van der Waals surface area (Å²) in [5, 5.41) is 11.8. The lowest BCUT2D eigenvalue weighted by Crippen LogP contribution is -2.44. The van der Waals surface area contributed by atoms with Crippen molar-refractivity contribution >= 4 is 22.0 Å². The standard InChI is InChI=1S/C17H17NO6S/c1-11(12-6-3-2-4-7-12)15(17(20)21)18-16(19)13-8-5-9-14(10-13)25(22,23)24/h2-11,15H,1H3,(H,18,19)(H,20,21)(H,22,23,24). The SMILES string of the molecule is CC(c1ccccc1)C(NC(=O)c1cccc(S(=O)(=O)O)c1)C(=O)O. The number of hydrogen-bond donors (Lipinski definition) is 3. The van der Waals surface area contributed by atoms with Crippen molar-refractivity contribution in [1.29, 1.82) is 0 Å². The minimum Gasteiger partial charge on any atom is -0.480 e. The summed E-state index contributed by atoms with van der Waals surface area (Å²) in [7, 11) is -4.46. The van der Waals surface area contributed by atoms with E-state index < -0.39 is 38.8 Å². The molecule has 132 valence electrons. The molecule has 1 amide bonds. The summed E-state index contributed by atoms with van der Waals surface area (Å²) < 4.78 is 31.4. The summed E-state index contributed by atoms with van der Waals surface area (Å²) in [6, 6.07) is 12.4. The zero-order valence-electron chi connectivity index (χ0n) is 13.3. The van der Waals surface area contributed by atoms with Crippen molar-refractivity contribution in [1.82, 2.24) is 5.32 Å². The Bertz CT molecular complexity index is 879. The number of benzene rings is 2. The Morgan fingerprint density at radius 1 is 1.04 bits per heavy atom. The molecule has 0 aliphatic carbocycles. The van der Waals surface area contributed by atoms with Gasteiger partial charge in [0.25, 0.3) is 16.0 Å². The van der Waals surface area contributed by atoms with E-state index in [1.807, 2.05) is 0 Å². The van der Waals surface area contributed by atoms with Gasteiger partial charge in [-0.15, -0.1) is 0 Å². The maximum absolute atomic E-state index is 12.3. The maximum Gasteiger partial charge on any atom is 0.326 e. The fraction of sp³-hybridized carbons (Fsp3) is 0.176. The molecule has 0 heterocycles. The van der Waals surface area contributed by atoms with E-state index >= 15 is 0 Å². The van der Waals surface area contributed by atoms with Gasteiger partial charge in [0.15, 0.2) is 0 Å². The largest absolute Gasteiger partial charge is 0.480 e. The average Bonchev–Trinajstić information content (AvgIpc) is 2.58. The van der Waals surface area contributed by atoms with Gasteiger partial charge in [-0.2, -0.15) is 8.42 Å². The zero-order chi connectivity index (χ0) is 18.6. The van der Waals surface area contributed by atoms with Crippen LogP contribution in [0.3, 0.4) is 0 Å². The lowest BCUT2D eigenvalue weighted by molar-refractivity contribution is -0.139. The summed E-state index contributed by atoms with van der Waals surface area (Å²) >= 11 is 0. The molecule has 2 aromatic carbocycles. The third kappa shape index (κ3) is 4.65. The van der Waals surface area contributed by atoms with Crippen LogP contribution in [-0.4, -0.2) is 36.0 Å². The maximum atomic E-state index is 12.3. The van der Waals surface area contributed by atoms with Gasteiger partial charge in [-0.05, 0) is 23.8 Å². The fourth-order valence-corrected chi connectivity index (χ4v) is 2.90. The van der Waals surface area contributed by atoms with Gasteiger partial charge in [-0.1, -0.05) is 43.3 Å². The van der Waals surface area contributed by atoms with E-state index in [4.69, 9.17) is 4.55 Å². The monoisotopic (exact) mass is 363 g/mol. The number of rotatable bonds is 6. The normalized spacial score (nSPS) is 13.7. The van der Waals surface area contributed by atoms with Crippen molar-refractivity contribution in [3.63, 3.8) is 0 Å². The molecular weight excluding hydrogens is 346 g/mol. The van der Waals surface area contributed by atoms with Gasteiger partial charge in [0.05, 0.1) is 4.90 Å². The summed E-state index contributed by atoms with van der Waals surface area (Å²) in [6.45, 7) is 1.67. The molecule has 2 rings (SSSR count). The van der Waals surface area contributed by atoms with E-state index in [-0.39, 0.29) is 5.56 Å². The first-order valence-electron chi connectivity index (χ1n) is 7.36. The minimum atomic E-state index is -4.46. The second-order valence-electron chi connectivity index (χ2n) is 5.49. The molecule has 7 nitrogen and oxygen atoms in total. The average molecular weight is 363 g/mol. The molecule has 0 bridgehead atoms. The van der Waals surface area contributed by atoms with E-state index in [0.29, 0.717) is 0 Å². The van der Waals surface area contributed by atoms with Crippen LogP contribution in [0.15, 0.2) is 59.5 Å². The lowest BCUT2D eigenvalue weighted by Gasteiger charge is -2.22. The van der Waals surface area contributed by atoms with E-state index in [0.717, 1.165) is 17.7 Å². The highest BCUT2D eigenvalue weighted by Gasteiger charge is 2.28. The highest BCUT2D eigenvalue weighted by molar-refractivity contribution is 7.85. The van der Waals surface area contributed by atoms with E-state index in [9.17, 15) is 23.1 Å². The number of nitrogens with one attached hydrogen (secondary N) is 1. The Kier molecular flexibility index (Phi) is 5.55. The third-order valence-electron chi connectivity index (χ3n) is 3.77. The lowest BCUT2D eigenvalue weighted by atomic mass is 9.93. The summed E-state index contributed by atoms with van der Waals surface area (Å²) in [6.07, 6.45) is 0. The first-order valence-corrected chi connectivity index (χ1v) is 8.80. The van der Waals surface area contributed by atoms with Gasteiger partial charge in [0.1, 0.15) is 6.04 Å². The van der Waals surface area contributed by atoms with Crippen LogP contribution in [0.25, 0.3) is 0 Å².